The third kappa shape index (κ3) is 3.71. The van der Waals surface area contributed by atoms with Crippen LogP contribution >= 0.6 is 0 Å². The standard InChI is InChI=1S/C20H29N3O2/c1-14-4-6-15(7-5-14)12-23-16(8-9-18(23)24)19(25)22-11-10-17(21)20(2,3)13-22/h4-7,16-17H,8-13,21H2,1-3H3. The van der Waals surface area contributed by atoms with Crippen LogP contribution in [-0.2, 0) is 16.1 Å². The molecule has 5 heteroatoms. The van der Waals surface area contributed by atoms with Gasteiger partial charge in [-0.15, -0.1) is 0 Å². The molecule has 2 N–H and O–H groups in total. The third-order valence-electron chi connectivity index (χ3n) is 5.71. The van der Waals surface area contributed by atoms with Gasteiger partial charge in [0.2, 0.25) is 11.8 Å². The Bertz CT molecular complexity index is 653. The zero-order valence-corrected chi connectivity index (χ0v) is 15.5. The second-order valence-corrected chi connectivity index (χ2v) is 8.21. The molecule has 2 aliphatic heterocycles. The van der Waals surface area contributed by atoms with Gasteiger partial charge in [-0.25, -0.2) is 0 Å². The van der Waals surface area contributed by atoms with Crippen LogP contribution < -0.4 is 5.73 Å². The summed E-state index contributed by atoms with van der Waals surface area (Å²) in [5.41, 5.74) is 8.36. The van der Waals surface area contributed by atoms with Crippen molar-refractivity contribution < 1.29 is 9.59 Å². The Morgan fingerprint density at radius 3 is 2.56 bits per heavy atom. The first kappa shape index (κ1) is 17.9. The molecule has 2 aliphatic rings. The van der Waals surface area contributed by atoms with Crippen molar-refractivity contribution in [2.75, 3.05) is 13.1 Å². The van der Waals surface area contributed by atoms with E-state index in [0.717, 1.165) is 12.0 Å². The molecule has 2 amide bonds. The maximum absolute atomic E-state index is 13.1. The zero-order valence-electron chi connectivity index (χ0n) is 15.5. The first-order valence-corrected chi connectivity index (χ1v) is 9.17. The van der Waals surface area contributed by atoms with Gasteiger partial charge < -0.3 is 15.5 Å². The Morgan fingerprint density at radius 2 is 1.92 bits per heavy atom. The second-order valence-electron chi connectivity index (χ2n) is 8.21. The molecule has 0 bridgehead atoms. The van der Waals surface area contributed by atoms with Crippen LogP contribution in [0.5, 0.6) is 0 Å². The van der Waals surface area contributed by atoms with Crippen LogP contribution in [0.3, 0.4) is 0 Å². The van der Waals surface area contributed by atoms with Gasteiger partial charge in [-0.3, -0.25) is 9.59 Å². The molecule has 136 valence electrons. The highest BCUT2D eigenvalue weighted by molar-refractivity contribution is 5.91. The molecule has 5 nitrogen and oxygen atoms in total. The van der Waals surface area contributed by atoms with Crippen molar-refractivity contribution in [2.45, 2.75) is 58.7 Å². The summed E-state index contributed by atoms with van der Waals surface area (Å²) in [6.45, 7) is 8.12. The Kier molecular flexibility index (Phi) is 4.87. The molecule has 0 aromatic heterocycles. The Labute approximate surface area is 150 Å². The lowest BCUT2D eigenvalue weighted by Gasteiger charge is -2.44. The average molecular weight is 343 g/mol. The van der Waals surface area contributed by atoms with E-state index in [1.54, 1.807) is 4.90 Å². The molecule has 2 saturated heterocycles. The quantitative estimate of drug-likeness (QED) is 0.914. The monoisotopic (exact) mass is 343 g/mol. The number of hydrogen-bond donors (Lipinski definition) is 1. The minimum atomic E-state index is -0.334. The van der Waals surface area contributed by atoms with E-state index in [2.05, 4.69) is 13.8 Å². The average Bonchev–Trinajstić information content (AvgIpc) is 2.92. The normalized spacial score (nSPS) is 26.2. The molecule has 2 atom stereocenters. The van der Waals surface area contributed by atoms with Gasteiger partial charge in [0.1, 0.15) is 6.04 Å². The lowest BCUT2D eigenvalue weighted by molar-refractivity contribution is -0.144. The summed E-state index contributed by atoms with van der Waals surface area (Å²) in [5, 5.41) is 0. The highest BCUT2D eigenvalue weighted by Gasteiger charge is 2.42. The van der Waals surface area contributed by atoms with Crippen LogP contribution in [0.2, 0.25) is 0 Å². The molecule has 2 fully saturated rings. The highest BCUT2D eigenvalue weighted by atomic mass is 16.2. The van der Waals surface area contributed by atoms with Crippen molar-refractivity contribution in [3.05, 3.63) is 35.4 Å². The number of carbonyl (C=O) groups is 2. The summed E-state index contributed by atoms with van der Waals surface area (Å²) in [5.74, 6) is 0.157. The molecule has 0 spiro atoms. The number of benzene rings is 1. The van der Waals surface area contributed by atoms with Gasteiger partial charge in [-0.2, -0.15) is 0 Å². The van der Waals surface area contributed by atoms with Crippen molar-refractivity contribution >= 4 is 11.8 Å². The van der Waals surface area contributed by atoms with E-state index in [9.17, 15) is 9.59 Å². The third-order valence-corrected chi connectivity index (χ3v) is 5.71. The van der Waals surface area contributed by atoms with Gasteiger partial charge in [-0.05, 0) is 30.7 Å². The number of hydrogen-bond acceptors (Lipinski definition) is 3. The van der Waals surface area contributed by atoms with E-state index >= 15 is 0 Å². The summed E-state index contributed by atoms with van der Waals surface area (Å²) >= 11 is 0. The molecule has 0 aliphatic carbocycles. The smallest absolute Gasteiger partial charge is 0.245 e. The fourth-order valence-electron chi connectivity index (χ4n) is 3.85. The van der Waals surface area contributed by atoms with E-state index in [1.165, 1.54) is 5.56 Å². The molecular weight excluding hydrogens is 314 g/mol. The van der Waals surface area contributed by atoms with E-state index in [1.807, 2.05) is 36.1 Å². The minimum Gasteiger partial charge on any atom is -0.340 e. The highest BCUT2D eigenvalue weighted by Crippen LogP contribution is 2.30. The largest absolute Gasteiger partial charge is 0.340 e. The van der Waals surface area contributed by atoms with Gasteiger partial charge in [0.25, 0.3) is 0 Å². The number of nitrogens with zero attached hydrogens (tertiary/aromatic N) is 2. The second kappa shape index (κ2) is 6.79. The van der Waals surface area contributed by atoms with Crippen molar-refractivity contribution in [3.63, 3.8) is 0 Å². The Morgan fingerprint density at radius 1 is 1.24 bits per heavy atom. The summed E-state index contributed by atoms with van der Waals surface area (Å²) in [6, 6.07) is 7.93. The van der Waals surface area contributed by atoms with Crippen LogP contribution in [0.1, 0.15) is 44.2 Å². The van der Waals surface area contributed by atoms with Crippen LogP contribution in [0.4, 0.5) is 0 Å². The topological polar surface area (TPSA) is 66.6 Å². The first-order chi connectivity index (χ1) is 11.8. The van der Waals surface area contributed by atoms with Gasteiger partial charge in [-0.1, -0.05) is 43.7 Å². The van der Waals surface area contributed by atoms with Gasteiger partial charge >= 0.3 is 0 Å². The first-order valence-electron chi connectivity index (χ1n) is 9.17. The summed E-state index contributed by atoms with van der Waals surface area (Å²) in [6.07, 6.45) is 1.89. The Balaban J connectivity index is 1.72. The summed E-state index contributed by atoms with van der Waals surface area (Å²) in [7, 11) is 0. The van der Waals surface area contributed by atoms with Gasteiger partial charge in [0.15, 0.2) is 0 Å². The molecule has 2 unspecified atom stereocenters. The minimum absolute atomic E-state index is 0.0758. The molecule has 0 saturated carbocycles. The fourth-order valence-corrected chi connectivity index (χ4v) is 3.85. The van der Waals surface area contributed by atoms with Crippen LogP contribution in [-0.4, -0.2) is 46.8 Å². The van der Waals surface area contributed by atoms with Crippen molar-refractivity contribution in [1.82, 2.24) is 9.80 Å². The van der Waals surface area contributed by atoms with Crippen molar-refractivity contribution in [1.29, 1.82) is 0 Å². The van der Waals surface area contributed by atoms with Crippen LogP contribution in [0.15, 0.2) is 24.3 Å². The number of carbonyl (C=O) groups excluding carboxylic acids is 2. The van der Waals surface area contributed by atoms with E-state index in [4.69, 9.17) is 5.73 Å². The molecule has 1 aromatic rings. The van der Waals surface area contributed by atoms with E-state index in [-0.39, 0.29) is 29.3 Å². The lowest BCUT2D eigenvalue weighted by atomic mass is 9.79. The molecule has 3 rings (SSSR count). The molecule has 0 radical (unpaired) electrons. The summed E-state index contributed by atoms with van der Waals surface area (Å²) < 4.78 is 0. The number of amides is 2. The predicted molar refractivity (Wildman–Crippen MR) is 97.7 cm³/mol. The number of piperidine rings is 1. The van der Waals surface area contributed by atoms with Crippen LogP contribution in [0.25, 0.3) is 0 Å². The summed E-state index contributed by atoms with van der Waals surface area (Å²) in [4.78, 5) is 29.1. The number of nitrogens with two attached hydrogens (primary N) is 1. The maximum Gasteiger partial charge on any atom is 0.245 e. The van der Waals surface area contributed by atoms with Crippen molar-refractivity contribution in [3.8, 4) is 0 Å². The number of rotatable bonds is 3. The van der Waals surface area contributed by atoms with E-state index < -0.39 is 0 Å². The molecule has 2 heterocycles. The van der Waals surface area contributed by atoms with Crippen molar-refractivity contribution in [2.24, 2.45) is 11.1 Å². The lowest BCUT2D eigenvalue weighted by Crippen LogP contribution is -2.57. The molecular formula is C20H29N3O2. The zero-order chi connectivity index (χ0) is 18.2. The number of aryl methyl sites for hydroxylation is 1. The maximum atomic E-state index is 13.1. The van der Waals surface area contributed by atoms with Crippen LogP contribution in [0, 0.1) is 12.3 Å². The molecule has 1 aromatic carbocycles. The molecule has 25 heavy (non-hydrogen) atoms. The SMILES string of the molecule is Cc1ccc(CN2C(=O)CCC2C(=O)N2CCC(N)C(C)(C)C2)cc1. The Hall–Kier alpha value is -1.88. The van der Waals surface area contributed by atoms with Gasteiger partial charge in [0.05, 0.1) is 0 Å². The predicted octanol–water partition coefficient (Wildman–Crippen LogP) is 2.07. The fraction of sp³-hybridized carbons (Fsp3) is 0.600. The number of likely N-dealkylation sites (tertiary alicyclic amines) is 2. The van der Waals surface area contributed by atoms with E-state index in [0.29, 0.717) is 32.5 Å². The van der Waals surface area contributed by atoms with Gasteiger partial charge in [0, 0.05) is 32.1 Å².